The molecule has 1 N–H and O–H groups in total. The van der Waals surface area contributed by atoms with E-state index in [1.807, 2.05) is 32.9 Å². The van der Waals surface area contributed by atoms with Crippen LogP contribution < -0.4 is 5.32 Å². The van der Waals surface area contributed by atoms with Crippen molar-refractivity contribution in [2.75, 3.05) is 6.61 Å². The first kappa shape index (κ1) is 14.8. The van der Waals surface area contributed by atoms with Crippen LogP contribution in [0.3, 0.4) is 0 Å². The van der Waals surface area contributed by atoms with Gasteiger partial charge in [0.15, 0.2) is 5.76 Å². The molecule has 1 unspecified atom stereocenters. The van der Waals surface area contributed by atoms with Gasteiger partial charge in [-0.05, 0) is 39.3 Å². The Balaban J connectivity index is 1.81. The molecule has 22 heavy (non-hydrogen) atoms. The number of hydrogen-bond donors (Lipinski definition) is 1. The van der Waals surface area contributed by atoms with Gasteiger partial charge in [0, 0.05) is 13.2 Å². The second kappa shape index (κ2) is 5.28. The van der Waals surface area contributed by atoms with E-state index in [0.717, 1.165) is 12.2 Å². The lowest BCUT2D eigenvalue weighted by molar-refractivity contribution is 0.0355. The van der Waals surface area contributed by atoms with E-state index in [2.05, 4.69) is 10.4 Å². The molecule has 2 aromatic heterocycles. The molecule has 1 aliphatic rings. The maximum absolute atomic E-state index is 12.6. The van der Waals surface area contributed by atoms with Gasteiger partial charge in [-0.1, -0.05) is 0 Å². The van der Waals surface area contributed by atoms with Crippen molar-refractivity contribution in [1.82, 2.24) is 15.1 Å². The van der Waals surface area contributed by atoms with Crippen molar-refractivity contribution in [3.8, 4) is 11.5 Å². The van der Waals surface area contributed by atoms with Crippen LogP contribution in [0.5, 0.6) is 0 Å². The highest BCUT2D eigenvalue weighted by Gasteiger charge is 2.33. The van der Waals surface area contributed by atoms with Gasteiger partial charge >= 0.3 is 0 Å². The molecule has 2 aromatic rings. The van der Waals surface area contributed by atoms with Crippen LogP contribution in [0, 0.1) is 6.92 Å². The summed E-state index contributed by atoms with van der Waals surface area (Å²) < 4.78 is 12.9. The first-order chi connectivity index (χ1) is 10.3. The lowest BCUT2D eigenvalue weighted by Gasteiger charge is -2.16. The van der Waals surface area contributed by atoms with E-state index < -0.39 is 0 Å². The van der Waals surface area contributed by atoms with E-state index in [0.29, 0.717) is 23.6 Å². The fraction of sp³-hybridized carbons (Fsp3) is 0.500. The van der Waals surface area contributed by atoms with Gasteiger partial charge in [0.2, 0.25) is 0 Å². The minimum Gasteiger partial charge on any atom is -0.460 e. The van der Waals surface area contributed by atoms with Crippen molar-refractivity contribution in [3.05, 3.63) is 29.7 Å². The van der Waals surface area contributed by atoms with Crippen LogP contribution in [0.15, 0.2) is 22.7 Å². The quantitative estimate of drug-likeness (QED) is 0.944. The number of nitrogens with one attached hydrogen (secondary N) is 1. The number of amides is 1. The smallest absolute Gasteiger partial charge is 0.255 e. The van der Waals surface area contributed by atoms with Gasteiger partial charge in [0.05, 0.1) is 23.8 Å². The van der Waals surface area contributed by atoms with E-state index in [1.54, 1.807) is 17.9 Å². The Morgan fingerprint density at radius 2 is 2.23 bits per heavy atom. The maximum Gasteiger partial charge on any atom is 0.255 e. The summed E-state index contributed by atoms with van der Waals surface area (Å²) in [7, 11) is 1.79. The number of furan rings is 1. The van der Waals surface area contributed by atoms with Crippen LogP contribution >= 0.6 is 0 Å². The lowest BCUT2D eigenvalue weighted by Crippen LogP contribution is -2.35. The molecule has 3 rings (SSSR count). The zero-order valence-electron chi connectivity index (χ0n) is 13.3. The average molecular weight is 303 g/mol. The van der Waals surface area contributed by atoms with Gasteiger partial charge < -0.3 is 14.5 Å². The largest absolute Gasteiger partial charge is 0.460 e. The predicted octanol–water partition coefficient (Wildman–Crippen LogP) is 2.29. The fourth-order valence-electron chi connectivity index (χ4n) is 2.79. The van der Waals surface area contributed by atoms with Crippen LogP contribution in [0.1, 0.15) is 36.4 Å². The van der Waals surface area contributed by atoms with Crippen LogP contribution in [-0.4, -0.2) is 33.9 Å². The lowest BCUT2D eigenvalue weighted by atomic mass is 10.0. The molecule has 1 amide bonds. The van der Waals surface area contributed by atoms with E-state index in [4.69, 9.17) is 9.15 Å². The fourth-order valence-corrected chi connectivity index (χ4v) is 2.79. The summed E-state index contributed by atoms with van der Waals surface area (Å²) in [6, 6.07) is 3.71. The number of aromatic nitrogens is 2. The van der Waals surface area contributed by atoms with Crippen molar-refractivity contribution in [3.63, 3.8) is 0 Å². The highest BCUT2D eigenvalue weighted by molar-refractivity contribution is 5.99. The number of carbonyl (C=O) groups is 1. The molecule has 1 aliphatic heterocycles. The highest BCUT2D eigenvalue weighted by atomic mass is 16.5. The van der Waals surface area contributed by atoms with E-state index in [1.165, 1.54) is 0 Å². The number of nitrogens with zero attached hydrogens (tertiary/aromatic N) is 2. The predicted molar refractivity (Wildman–Crippen MR) is 81.5 cm³/mol. The minimum absolute atomic E-state index is 0.0221. The van der Waals surface area contributed by atoms with E-state index >= 15 is 0 Å². The Labute approximate surface area is 129 Å². The molecule has 0 saturated carbocycles. The zero-order valence-corrected chi connectivity index (χ0v) is 13.3. The summed E-state index contributed by atoms with van der Waals surface area (Å²) in [5.41, 5.74) is 0.890. The van der Waals surface area contributed by atoms with Crippen molar-refractivity contribution in [2.45, 2.75) is 38.8 Å². The van der Waals surface area contributed by atoms with E-state index in [9.17, 15) is 4.79 Å². The van der Waals surface area contributed by atoms with Gasteiger partial charge in [0.25, 0.3) is 5.91 Å². The molecule has 0 radical (unpaired) electrons. The number of rotatable bonds is 3. The second-order valence-electron chi connectivity index (χ2n) is 6.42. The van der Waals surface area contributed by atoms with Gasteiger partial charge in [-0.3, -0.25) is 9.48 Å². The molecule has 1 fully saturated rings. The molecule has 6 nitrogen and oxygen atoms in total. The number of aryl methyl sites for hydroxylation is 2. The van der Waals surface area contributed by atoms with Crippen molar-refractivity contribution < 1.29 is 13.9 Å². The highest BCUT2D eigenvalue weighted by Crippen LogP contribution is 2.26. The molecule has 0 spiro atoms. The van der Waals surface area contributed by atoms with Gasteiger partial charge in [-0.2, -0.15) is 5.10 Å². The van der Waals surface area contributed by atoms with Crippen LogP contribution in [0.25, 0.3) is 11.5 Å². The first-order valence-electron chi connectivity index (χ1n) is 7.39. The van der Waals surface area contributed by atoms with Gasteiger partial charge in [-0.15, -0.1) is 0 Å². The second-order valence-corrected chi connectivity index (χ2v) is 6.42. The van der Waals surface area contributed by atoms with Gasteiger partial charge in [0.1, 0.15) is 11.5 Å². The van der Waals surface area contributed by atoms with Crippen LogP contribution in [0.4, 0.5) is 0 Å². The monoisotopic (exact) mass is 303 g/mol. The molecule has 0 aliphatic carbocycles. The number of ether oxygens (including phenoxy) is 1. The average Bonchev–Trinajstić information content (AvgIpc) is 3.09. The molecule has 3 heterocycles. The molecule has 118 valence electrons. The molecule has 6 heteroatoms. The third kappa shape index (κ3) is 2.92. The van der Waals surface area contributed by atoms with Crippen LogP contribution in [0.2, 0.25) is 0 Å². The molecule has 1 saturated heterocycles. The minimum atomic E-state index is -0.187. The Kier molecular flexibility index (Phi) is 3.56. The summed E-state index contributed by atoms with van der Waals surface area (Å²) in [5, 5.41) is 7.37. The topological polar surface area (TPSA) is 69.3 Å². The molecule has 1 atom stereocenters. The summed E-state index contributed by atoms with van der Waals surface area (Å²) >= 11 is 0. The Hall–Kier alpha value is -2.08. The van der Waals surface area contributed by atoms with Crippen molar-refractivity contribution in [2.24, 2.45) is 7.05 Å². The van der Waals surface area contributed by atoms with Gasteiger partial charge in [-0.25, -0.2) is 0 Å². The third-order valence-electron chi connectivity index (χ3n) is 3.80. The van der Waals surface area contributed by atoms with Crippen LogP contribution in [-0.2, 0) is 11.8 Å². The first-order valence-corrected chi connectivity index (χ1v) is 7.39. The molecule has 0 bridgehead atoms. The summed E-state index contributed by atoms with van der Waals surface area (Å²) in [6.45, 7) is 6.46. The number of hydrogen-bond acceptors (Lipinski definition) is 4. The van der Waals surface area contributed by atoms with Crippen molar-refractivity contribution >= 4 is 5.91 Å². The Morgan fingerprint density at radius 3 is 2.82 bits per heavy atom. The molecular formula is C16H21N3O3. The molecular weight excluding hydrogens is 282 g/mol. The maximum atomic E-state index is 12.6. The summed E-state index contributed by atoms with van der Waals surface area (Å²) in [4.78, 5) is 12.6. The zero-order chi connectivity index (χ0) is 15.9. The van der Waals surface area contributed by atoms with E-state index in [-0.39, 0.29) is 17.6 Å². The number of carbonyl (C=O) groups excluding carboxylic acids is 1. The third-order valence-corrected chi connectivity index (χ3v) is 3.80. The summed E-state index contributed by atoms with van der Waals surface area (Å²) in [5.74, 6) is 1.24. The Morgan fingerprint density at radius 1 is 1.45 bits per heavy atom. The SMILES string of the molecule is Cc1ccc(-c2nn(C)cc2C(=O)NC2COC(C)(C)C2)o1. The standard InChI is InChI=1S/C16H21N3O3/c1-10-5-6-13(22-10)14-12(8-19(4)18-14)15(20)17-11-7-16(2,3)21-9-11/h5-6,8,11H,7,9H2,1-4H3,(H,17,20). The summed E-state index contributed by atoms with van der Waals surface area (Å²) in [6.07, 6.45) is 2.51. The van der Waals surface area contributed by atoms with Crippen molar-refractivity contribution in [1.29, 1.82) is 0 Å². The molecule has 0 aromatic carbocycles. The normalized spacial score (nSPS) is 20.3. The Bertz CT molecular complexity index is 699.